The highest BCUT2D eigenvalue weighted by Gasteiger charge is 2.12. The van der Waals surface area contributed by atoms with Crippen molar-refractivity contribution in [1.29, 1.82) is 0 Å². The van der Waals surface area contributed by atoms with Crippen molar-refractivity contribution >= 4 is 16.7 Å². The molecule has 0 aliphatic heterocycles. The number of hydrogen-bond donors (Lipinski definition) is 1. The van der Waals surface area contributed by atoms with Crippen molar-refractivity contribution in [2.24, 2.45) is 0 Å². The molecule has 0 spiro atoms. The number of likely N-dealkylation sites (N-methyl/N-ethyl adjacent to an activating group) is 1. The van der Waals surface area contributed by atoms with Gasteiger partial charge in [-0.1, -0.05) is 42.5 Å². The first-order valence-corrected chi connectivity index (χ1v) is 9.49. The topological polar surface area (TPSA) is 50.8 Å². The summed E-state index contributed by atoms with van der Waals surface area (Å²) in [5.41, 5.74) is 1.85. The average Bonchev–Trinajstić information content (AvgIpc) is 2.72. The molecule has 0 atom stereocenters. The first-order chi connectivity index (χ1) is 14.4. The lowest BCUT2D eigenvalue weighted by molar-refractivity contribution is -0.122. The standard InChI is InChI=1S/C23H24F2N2O3/c1-27(14-17-7-9-18-5-3-4-6-19(18)11-17)15-22(28)26-13-16-8-10-20(30-23(24)25)21(12-16)29-2/h3-12,23H,13-15H2,1-2H3,(H,26,28). The van der Waals surface area contributed by atoms with Gasteiger partial charge >= 0.3 is 6.61 Å². The number of methoxy groups -OCH3 is 1. The Bertz CT molecular complexity index is 1010. The van der Waals surface area contributed by atoms with Gasteiger partial charge in [0.05, 0.1) is 13.7 Å². The molecule has 158 valence electrons. The van der Waals surface area contributed by atoms with Crippen LogP contribution in [0.25, 0.3) is 10.8 Å². The lowest BCUT2D eigenvalue weighted by Crippen LogP contribution is -2.34. The SMILES string of the molecule is COc1cc(CNC(=O)CN(C)Cc2ccc3ccccc3c2)ccc1OC(F)F. The summed E-state index contributed by atoms with van der Waals surface area (Å²) in [6.45, 7) is -1.79. The van der Waals surface area contributed by atoms with Crippen LogP contribution in [0.3, 0.4) is 0 Å². The fraction of sp³-hybridized carbons (Fsp3) is 0.261. The highest BCUT2D eigenvalue weighted by atomic mass is 19.3. The van der Waals surface area contributed by atoms with Gasteiger partial charge in [0.25, 0.3) is 0 Å². The van der Waals surface area contributed by atoms with E-state index >= 15 is 0 Å². The second-order valence-electron chi connectivity index (χ2n) is 6.99. The molecule has 30 heavy (non-hydrogen) atoms. The summed E-state index contributed by atoms with van der Waals surface area (Å²) in [7, 11) is 3.26. The Kier molecular flexibility index (Phi) is 7.19. The summed E-state index contributed by atoms with van der Waals surface area (Å²) in [5.74, 6) is 0.0123. The van der Waals surface area contributed by atoms with Crippen LogP contribution in [0.2, 0.25) is 0 Å². The molecule has 0 radical (unpaired) electrons. The number of hydrogen-bond acceptors (Lipinski definition) is 4. The number of carbonyl (C=O) groups is 1. The largest absolute Gasteiger partial charge is 0.493 e. The van der Waals surface area contributed by atoms with E-state index in [-0.39, 0.29) is 30.5 Å². The molecule has 0 aliphatic rings. The molecule has 3 aromatic rings. The van der Waals surface area contributed by atoms with Crippen LogP contribution in [0.1, 0.15) is 11.1 Å². The fourth-order valence-electron chi connectivity index (χ4n) is 3.22. The number of fused-ring (bicyclic) bond motifs is 1. The Labute approximate surface area is 174 Å². The minimum atomic E-state index is -2.93. The maximum Gasteiger partial charge on any atom is 0.387 e. The van der Waals surface area contributed by atoms with Gasteiger partial charge in [0.15, 0.2) is 11.5 Å². The molecule has 5 nitrogen and oxygen atoms in total. The van der Waals surface area contributed by atoms with Crippen molar-refractivity contribution in [3.63, 3.8) is 0 Å². The van der Waals surface area contributed by atoms with E-state index in [9.17, 15) is 13.6 Å². The molecule has 1 amide bonds. The Morgan fingerprint density at radius 2 is 1.73 bits per heavy atom. The third kappa shape index (κ3) is 5.90. The highest BCUT2D eigenvalue weighted by Crippen LogP contribution is 2.29. The van der Waals surface area contributed by atoms with Crippen molar-refractivity contribution in [2.75, 3.05) is 20.7 Å². The molecule has 0 bridgehead atoms. The minimum absolute atomic E-state index is 0.0438. The molecule has 0 saturated carbocycles. The molecule has 3 aromatic carbocycles. The van der Waals surface area contributed by atoms with Gasteiger partial charge in [-0.2, -0.15) is 8.78 Å². The average molecular weight is 414 g/mol. The lowest BCUT2D eigenvalue weighted by Gasteiger charge is -2.17. The number of amides is 1. The van der Waals surface area contributed by atoms with Crippen molar-refractivity contribution in [2.45, 2.75) is 19.7 Å². The van der Waals surface area contributed by atoms with Crippen molar-refractivity contribution in [3.05, 3.63) is 71.8 Å². The van der Waals surface area contributed by atoms with Crippen molar-refractivity contribution in [1.82, 2.24) is 10.2 Å². The molecular weight excluding hydrogens is 390 g/mol. The van der Waals surface area contributed by atoms with E-state index in [0.29, 0.717) is 6.54 Å². The van der Waals surface area contributed by atoms with Crippen molar-refractivity contribution in [3.8, 4) is 11.5 Å². The van der Waals surface area contributed by atoms with Gasteiger partial charge in [0, 0.05) is 13.1 Å². The number of alkyl halides is 2. The zero-order valence-electron chi connectivity index (χ0n) is 16.9. The van der Waals surface area contributed by atoms with Crippen LogP contribution >= 0.6 is 0 Å². The van der Waals surface area contributed by atoms with Crippen molar-refractivity contribution < 1.29 is 23.0 Å². The summed E-state index contributed by atoms with van der Waals surface area (Å²) in [4.78, 5) is 14.2. The van der Waals surface area contributed by atoms with Crippen LogP contribution in [0.5, 0.6) is 11.5 Å². The maximum atomic E-state index is 12.4. The van der Waals surface area contributed by atoms with Gasteiger partial charge in [0.2, 0.25) is 5.91 Å². The van der Waals surface area contributed by atoms with E-state index in [0.717, 1.165) is 11.1 Å². The number of benzene rings is 3. The number of nitrogens with zero attached hydrogens (tertiary/aromatic N) is 1. The van der Waals surface area contributed by atoms with Gasteiger partial charge in [0.1, 0.15) is 0 Å². The Morgan fingerprint density at radius 3 is 2.47 bits per heavy atom. The summed E-state index contributed by atoms with van der Waals surface area (Å²) < 4.78 is 34.3. The molecule has 0 unspecified atom stereocenters. The Balaban J connectivity index is 1.52. The first-order valence-electron chi connectivity index (χ1n) is 9.49. The number of halogens is 2. The quantitative estimate of drug-likeness (QED) is 0.570. The predicted octanol–water partition coefficient (Wildman–Crippen LogP) is 4.20. The van der Waals surface area contributed by atoms with Crippen LogP contribution in [-0.2, 0) is 17.9 Å². The van der Waals surface area contributed by atoms with E-state index in [1.54, 1.807) is 12.1 Å². The van der Waals surface area contributed by atoms with Crippen LogP contribution in [0, 0.1) is 0 Å². The fourth-order valence-corrected chi connectivity index (χ4v) is 3.22. The summed E-state index contributed by atoms with van der Waals surface area (Å²) in [6.07, 6.45) is 0. The smallest absolute Gasteiger partial charge is 0.387 e. The van der Waals surface area contributed by atoms with E-state index in [1.807, 2.05) is 24.1 Å². The Hall–Kier alpha value is -3.19. The number of ether oxygens (including phenoxy) is 2. The van der Waals surface area contributed by atoms with Gasteiger partial charge in [-0.25, -0.2) is 0 Å². The number of nitrogens with one attached hydrogen (secondary N) is 1. The van der Waals surface area contributed by atoms with Gasteiger partial charge in [-0.05, 0) is 47.1 Å². The number of rotatable bonds is 9. The van der Waals surface area contributed by atoms with E-state index in [2.05, 4.69) is 40.4 Å². The first kappa shape index (κ1) is 21.5. The van der Waals surface area contributed by atoms with Gasteiger partial charge < -0.3 is 14.8 Å². The molecule has 0 saturated heterocycles. The van der Waals surface area contributed by atoms with E-state index in [1.165, 1.54) is 23.9 Å². The molecule has 7 heteroatoms. The zero-order valence-corrected chi connectivity index (χ0v) is 16.9. The van der Waals surface area contributed by atoms with Crippen LogP contribution in [-0.4, -0.2) is 38.1 Å². The minimum Gasteiger partial charge on any atom is -0.493 e. The lowest BCUT2D eigenvalue weighted by atomic mass is 10.1. The predicted molar refractivity (Wildman–Crippen MR) is 112 cm³/mol. The summed E-state index contributed by atoms with van der Waals surface area (Å²) >= 11 is 0. The van der Waals surface area contributed by atoms with Crippen LogP contribution in [0.4, 0.5) is 8.78 Å². The number of carbonyl (C=O) groups excluding carboxylic acids is 1. The van der Waals surface area contributed by atoms with Gasteiger partial charge in [-0.3, -0.25) is 9.69 Å². The highest BCUT2D eigenvalue weighted by molar-refractivity contribution is 5.83. The molecule has 0 aliphatic carbocycles. The third-order valence-electron chi connectivity index (χ3n) is 4.61. The maximum absolute atomic E-state index is 12.4. The Morgan fingerprint density at radius 1 is 1.00 bits per heavy atom. The molecule has 1 N–H and O–H groups in total. The second-order valence-corrected chi connectivity index (χ2v) is 6.99. The van der Waals surface area contributed by atoms with Crippen LogP contribution in [0.15, 0.2) is 60.7 Å². The molecule has 0 aromatic heterocycles. The normalized spacial score (nSPS) is 11.1. The van der Waals surface area contributed by atoms with E-state index < -0.39 is 6.61 Å². The molecule has 3 rings (SSSR count). The molecule has 0 heterocycles. The third-order valence-corrected chi connectivity index (χ3v) is 4.61. The molecular formula is C23H24F2N2O3. The van der Waals surface area contributed by atoms with E-state index in [4.69, 9.17) is 4.74 Å². The second kappa shape index (κ2) is 10.0. The molecule has 0 fully saturated rings. The monoisotopic (exact) mass is 414 g/mol. The summed E-state index contributed by atoms with van der Waals surface area (Å²) in [6, 6.07) is 19.0. The zero-order chi connectivity index (χ0) is 21.5. The van der Waals surface area contributed by atoms with Gasteiger partial charge in [-0.15, -0.1) is 0 Å². The van der Waals surface area contributed by atoms with Crippen LogP contribution < -0.4 is 14.8 Å². The summed E-state index contributed by atoms with van der Waals surface area (Å²) in [5, 5.41) is 5.18.